The van der Waals surface area contributed by atoms with Gasteiger partial charge in [0.05, 0.1) is 11.1 Å². The molecule has 0 aliphatic rings. The Bertz CT molecular complexity index is 512. The highest BCUT2D eigenvalue weighted by atomic mass is 32.1. The molecule has 0 spiro atoms. The minimum Gasteiger partial charge on any atom is -0.423 e. The third-order valence-corrected chi connectivity index (χ3v) is 2.56. The van der Waals surface area contributed by atoms with Crippen molar-refractivity contribution >= 4 is 18.6 Å². The SMILES string of the molecule is C=CC(=O)Oc1cc(C(F)(F)F)c(S)c(C(F)(F)F)c1. The van der Waals surface area contributed by atoms with Crippen LogP contribution in [-0.4, -0.2) is 5.97 Å². The van der Waals surface area contributed by atoms with Gasteiger partial charge in [0.25, 0.3) is 0 Å². The fourth-order valence-electron chi connectivity index (χ4n) is 1.26. The summed E-state index contributed by atoms with van der Waals surface area (Å²) in [7, 11) is 0. The lowest BCUT2D eigenvalue weighted by Crippen LogP contribution is -2.14. The minimum absolute atomic E-state index is 0.263. The molecule has 1 rings (SSSR count). The zero-order chi connectivity index (χ0) is 15.7. The molecule has 0 saturated carbocycles. The summed E-state index contributed by atoms with van der Waals surface area (Å²) in [6.45, 7) is 2.98. The molecule has 1 aromatic carbocycles. The van der Waals surface area contributed by atoms with Crippen molar-refractivity contribution in [2.75, 3.05) is 0 Å². The Hall–Kier alpha value is -1.64. The van der Waals surface area contributed by atoms with E-state index in [0.717, 1.165) is 0 Å². The van der Waals surface area contributed by atoms with Crippen LogP contribution in [-0.2, 0) is 17.1 Å². The number of thiol groups is 1. The maximum atomic E-state index is 12.6. The summed E-state index contributed by atoms with van der Waals surface area (Å²) in [4.78, 5) is 9.58. The average molecular weight is 316 g/mol. The summed E-state index contributed by atoms with van der Waals surface area (Å²) in [5.41, 5.74) is -3.30. The van der Waals surface area contributed by atoms with Gasteiger partial charge in [0.15, 0.2) is 0 Å². The molecular weight excluding hydrogens is 310 g/mol. The van der Waals surface area contributed by atoms with E-state index < -0.39 is 40.1 Å². The largest absolute Gasteiger partial charge is 0.423 e. The van der Waals surface area contributed by atoms with Crippen molar-refractivity contribution in [3.8, 4) is 5.75 Å². The number of ether oxygens (including phenoxy) is 1. The van der Waals surface area contributed by atoms with E-state index in [1.54, 1.807) is 0 Å². The first-order chi connectivity index (χ1) is 8.96. The summed E-state index contributed by atoms with van der Waals surface area (Å²) in [6, 6.07) is 0.526. The molecule has 20 heavy (non-hydrogen) atoms. The van der Waals surface area contributed by atoms with E-state index in [-0.39, 0.29) is 12.1 Å². The summed E-state index contributed by atoms with van der Waals surface area (Å²) < 4.78 is 80.1. The first-order valence-electron chi connectivity index (χ1n) is 4.82. The summed E-state index contributed by atoms with van der Waals surface area (Å²) in [5, 5.41) is 0. The zero-order valence-electron chi connectivity index (χ0n) is 9.47. The molecule has 0 atom stereocenters. The zero-order valence-corrected chi connectivity index (χ0v) is 10.4. The third-order valence-electron chi connectivity index (χ3n) is 2.08. The molecule has 0 amide bonds. The molecule has 0 fully saturated rings. The van der Waals surface area contributed by atoms with Crippen molar-refractivity contribution < 1.29 is 35.9 Å². The molecule has 0 bridgehead atoms. The van der Waals surface area contributed by atoms with Gasteiger partial charge in [-0.3, -0.25) is 0 Å². The summed E-state index contributed by atoms with van der Waals surface area (Å²) in [5.74, 6) is -2.08. The Morgan fingerprint density at radius 2 is 1.50 bits per heavy atom. The maximum absolute atomic E-state index is 12.6. The number of esters is 1. The van der Waals surface area contributed by atoms with Gasteiger partial charge in [-0.2, -0.15) is 26.3 Å². The molecule has 0 aromatic heterocycles. The van der Waals surface area contributed by atoms with Crippen LogP contribution in [0.2, 0.25) is 0 Å². The molecule has 0 aliphatic carbocycles. The normalized spacial score (nSPS) is 12.2. The van der Waals surface area contributed by atoms with Crippen LogP contribution in [0.5, 0.6) is 5.75 Å². The molecule has 0 aliphatic heterocycles. The van der Waals surface area contributed by atoms with E-state index in [9.17, 15) is 31.1 Å². The smallest absolute Gasteiger partial charge is 0.417 e. The first-order valence-corrected chi connectivity index (χ1v) is 5.27. The standard InChI is InChI=1S/C11H6F6O2S/c1-2-8(18)19-5-3-6(10(12,13)14)9(20)7(4-5)11(15,16)17/h2-4,20H,1H2. The van der Waals surface area contributed by atoms with Gasteiger partial charge in [0, 0.05) is 11.0 Å². The lowest BCUT2D eigenvalue weighted by molar-refractivity contribution is -0.148. The van der Waals surface area contributed by atoms with Gasteiger partial charge < -0.3 is 4.74 Å². The Morgan fingerprint density at radius 1 is 1.10 bits per heavy atom. The highest BCUT2D eigenvalue weighted by molar-refractivity contribution is 7.80. The van der Waals surface area contributed by atoms with Crippen molar-refractivity contribution in [3.05, 3.63) is 35.9 Å². The van der Waals surface area contributed by atoms with E-state index in [1.807, 2.05) is 0 Å². The number of carbonyl (C=O) groups excluding carboxylic acids is 1. The number of carbonyl (C=O) groups is 1. The quantitative estimate of drug-likeness (QED) is 0.292. The summed E-state index contributed by atoms with van der Waals surface area (Å²) in [6.07, 6.45) is -9.55. The molecule has 1 aromatic rings. The summed E-state index contributed by atoms with van der Waals surface area (Å²) >= 11 is 3.26. The maximum Gasteiger partial charge on any atom is 0.417 e. The Labute approximate surface area is 114 Å². The van der Waals surface area contributed by atoms with Gasteiger partial charge in [0.2, 0.25) is 0 Å². The molecule has 0 N–H and O–H groups in total. The van der Waals surface area contributed by atoms with Gasteiger partial charge in [-0.1, -0.05) is 6.58 Å². The van der Waals surface area contributed by atoms with Crippen LogP contribution in [0, 0.1) is 0 Å². The van der Waals surface area contributed by atoms with Gasteiger partial charge in [-0.05, 0) is 12.1 Å². The predicted molar refractivity (Wildman–Crippen MR) is 59.5 cm³/mol. The number of halogens is 6. The van der Waals surface area contributed by atoms with Crippen molar-refractivity contribution in [2.24, 2.45) is 0 Å². The van der Waals surface area contributed by atoms with Crippen LogP contribution in [0.1, 0.15) is 11.1 Å². The van der Waals surface area contributed by atoms with Crippen molar-refractivity contribution in [1.29, 1.82) is 0 Å². The molecule has 0 radical (unpaired) electrons. The number of alkyl halides is 6. The Balaban J connectivity index is 3.50. The van der Waals surface area contributed by atoms with Crippen LogP contribution in [0.15, 0.2) is 29.7 Å². The predicted octanol–water partition coefficient (Wildman–Crippen LogP) is 4.10. The van der Waals surface area contributed by atoms with Gasteiger partial charge in [-0.25, -0.2) is 4.79 Å². The van der Waals surface area contributed by atoms with Crippen molar-refractivity contribution in [2.45, 2.75) is 17.2 Å². The number of rotatable bonds is 2. The molecular formula is C11H6F6O2S. The highest BCUT2D eigenvalue weighted by Gasteiger charge is 2.40. The lowest BCUT2D eigenvalue weighted by Gasteiger charge is -2.17. The Morgan fingerprint density at radius 3 is 1.80 bits per heavy atom. The average Bonchev–Trinajstić information content (AvgIpc) is 2.28. The fraction of sp³-hybridized carbons (Fsp3) is 0.182. The number of hydrogen-bond acceptors (Lipinski definition) is 3. The van der Waals surface area contributed by atoms with E-state index in [1.165, 1.54) is 0 Å². The van der Waals surface area contributed by atoms with Gasteiger partial charge in [0.1, 0.15) is 5.75 Å². The lowest BCUT2D eigenvalue weighted by atomic mass is 10.1. The third kappa shape index (κ3) is 3.69. The minimum atomic E-state index is -5.08. The van der Waals surface area contributed by atoms with Crippen LogP contribution in [0.3, 0.4) is 0 Å². The van der Waals surface area contributed by atoms with E-state index in [4.69, 9.17) is 0 Å². The fourth-order valence-corrected chi connectivity index (χ4v) is 1.64. The van der Waals surface area contributed by atoms with Crippen LogP contribution in [0.25, 0.3) is 0 Å². The van der Waals surface area contributed by atoms with Gasteiger partial charge >= 0.3 is 18.3 Å². The monoisotopic (exact) mass is 316 g/mol. The van der Waals surface area contributed by atoms with Crippen molar-refractivity contribution in [3.63, 3.8) is 0 Å². The Kier molecular flexibility index (Phi) is 4.42. The second-order valence-corrected chi connectivity index (χ2v) is 3.93. The van der Waals surface area contributed by atoms with Gasteiger partial charge in [-0.15, -0.1) is 12.6 Å². The second kappa shape index (κ2) is 5.39. The molecule has 0 saturated heterocycles. The number of benzene rings is 1. The van der Waals surface area contributed by atoms with Crippen LogP contribution < -0.4 is 4.74 Å². The first kappa shape index (κ1) is 16.4. The highest BCUT2D eigenvalue weighted by Crippen LogP contribution is 2.43. The molecule has 9 heteroatoms. The molecule has 110 valence electrons. The van der Waals surface area contributed by atoms with Crippen LogP contribution in [0.4, 0.5) is 26.3 Å². The van der Waals surface area contributed by atoms with E-state index >= 15 is 0 Å². The van der Waals surface area contributed by atoms with Crippen LogP contribution >= 0.6 is 12.6 Å². The molecule has 0 unspecified atom stereocenters. The number of hydrogen-bond donors (Lipinski definition) is 1. The van der Waals surface area contributed by atoms with Crippen molar-refractivity contribution in [1.82, 2.24) is 0 Å². The van der Waals surface area contributed by atoms with E-state index in [2.05, 4.69) is 23.9 Å². The van der Waals surface area contributed by atoms with E-state index in [0.29, 0.717) is 6.08 Å². The second-order valence-electron chi connectivity index (χ2n) is 3.49. The molecule has 0 heterocycles. The molecule has 2 nitrogen and oxygen atoms in total. The topological polar surface area (TPSA) is 26.3 Å².